The molecule has 166 valence electrons. The van der Waals surface area contributed by atoms with Crippen molar-refractivity contribution in [2.75, 3.05) is 5.75 Å². The Balaban J connectivity index is 1.56. The molecule has 1 N–H and O–H groups in total. The van der Waals surface area contributed by atoms with Crippen LogP contribution in [0.25, 0.3) is 5.70 Å². The summed E-state index contributed by atoms with van der Waals surface area (Å²) in [6, 6.07) is 25.1. The highest BCUT2D eigenvalue weighted by Crippen LogP contribution is 2.33. The van der Waals surface area contributed by atoms with Gasteiger partial charge in [-0.1, -0.05) is 73.6 Å². The van der Waals surface area contributed by atoms with Gasteiger partial charge in [-0.2, -0.15) is 0 Å². The average Bonchev–Trinajstić information content (AvgIpc) is 2.84. The normalized spacial score (nSPS) is 16.8. The lowest BCUT2D eigenvalue weighted by Gasteiger charge is -2.34. The number of rotatable bonds is 6. The van der Waals surface area contributed by atoms with Crippen LogP contribution in [0.3, 0.4) is 0 Å². The number of hydrogen-bond donors (Lipinski definition) is 1. The zero-order chi connectivity index (χ0) is 22.6. The molecule has 33 heavy (non-hydrogen) atoms. The summed E-state index contributed by atoms with van der Waals surface area (Å²) < 4.78 is 6.04. The van der Waals surface area contributed by atoms with Crippen LogP contribution >= 0.6 is 11.8 Å². The molecule has 0 aliphatic carbocycles. The van der Waals surface area contributed by atoms with E-state index < -0.39 is 6.17 Å². The number of carbonyl (C=O) groups is 1. The van der Waals surface area contributed by atoms with Crippen molar-refractivity contribution in [3.63, 3.8) is 0 Å². The summed E-state index contributed by atoms with van der Waals surface area (Å²) >= 11 is 1.56. The third-order valence-electron chi connectivity index (χ3n) is 5.39. The lowest BCUT2D eigenvalue weighted by atomic mass is 10.1. The summed E-state index contributed by atoms with van der Waals surface area (Å²) in [6.45, 7) is 2.15. The second-order valence-corrected chi connectivity index (χ2v) is 8.85. The Bertz CT molecular complexity index is 1320. The van der Waals surface area contributed by atoms with E-state index in [-0.39, 0.29) is 5.91 Å². The molecule has 0 spiro atoms. The average molecular weight is 457 g/mol. The number of thioether (sulfide) groups is 1. The minimum absolute atomic E-state index is 0.159. The van der Waals surface area contributed by atoms with Crippen LogP contribution in [0.1, 0.15) is 31.5 Å². The van der Waals surface area contributed by atoms with Crippen molar-refractivity contribution in [2.24, 2.45) is 10.1 Å². The molecule has 0 bridgehead atoms. The molecule has 1 atom stereocenters. The molecule has 2 heterocycles. The number of amidine groups is 1. The van der Waals surface area contributed by atoms with Gasteiger partial charge < -0.3 is 4.74 Å². The predicted octanol–water partition coefficient (Wildman–Crippen LogP) is 4.16. The van der Waals surface area contributed by atoms with Crippen molar-refractivity contribution in [1.82, 2.24) is 10.3 Å². The van der Waals surface area contributed by atoms with Gasteiger partial charge in [0.25, 0.3) is 5.91 Å². The van der Waals surface area contributed by atoms with Crippen molar-refractivity contribution in [3.05, 3.63) is 95.0 Å². The maximum absolute atomic E-state index is 13.2. The minimum Gasteiger partial charge on any atom is -0.457 e. The SMILES string of the molecule is CCCCSC1=NN2C(=c3ccccc3=N[C@@H]2c2cccc(Oc3ccccc3)c2)C(=O)N1. The molecule has 2 aliphatic rings. The lowest BCUT2D eigenvalue weighted by Crippen LogP contribution is -2.50. The first-order valence-corrected chi connectivity index (χ1v) is 12.0. The quantitative estimate of drug-likeness (QED) is 0.566. The molecule has 2 aliphatic heterocycles. The van der Waals surface area contributed by atoms with Gasteiger partial charge in [0.05, 0.1) is 5.36 Å². The fraction of sp³-hybridized carbons (Fsp3) is 0.192. The van der Waals surface area contributed by atoms with Gasteiger partial charge >= 0.3 is 0 Å². The maximum Gasteiger partial charge on any atom is 0.276 e. The van der Waals surface area contributed by atoms with Crippen molar-refractivity contribution in [2.45, 2.75) is 25.9 Å². The summed E-state index contributed by atoms with van der Waals surface area (Å²) in [5.74, 6) is 2.21. The van der Waals surface area contributed by atoms with Crippen LogP contribution in [-0.2, 0) is 4.79 Å². The maximum atomic E-state index is 13.2. The minimum atomic E-state index is -0.470. The number of unbranched alkanes of at least 4 members (excludes halogenated alkanes) is 1. The molecular weight excluding hydrogens is 432 g/mol. The predicted molar refractivity (Wildman–Crippen MR) is 131 cm³/mol. The highest BCUT2D eigenvalue weighted by molar-refractivity contribution is 8.13. The van der Waals surface area contributed by atoms with Crippen LogP contribution in [0.2, 0.25) is 0 Å². The van der Waals surface area contributed by atoms with Gasteiger partial charge in [0, 0.05) is 16.5 Å². The fourth-order valence-electron chi connectivity index (χ4n) is 3.79. The topological polar surface area (TPSA) is 66.3 Å². The molecular formula is C26H24N4O2S. The first kappa shape index (κ1) is 21.3. The van der Waals surface area contributed by atoms with E-state index in [2.05, 4.69) is 12.2 Å². The molecule has 7 heteroatoms. The van der Waals surface area contributed by atoms with Gasteiger partial charge in [-0.25, -0.2) is 5.01 Å². The molecule has 1 amide bonds. The Kier molecular flexibility index (Phi) is 6.13. The van der Waals surface area contributed by atoms with Crippen LogP contribution < -0.4 is 20.6 Å². The van der Waals surface area contributed by atoms with Crippen LogP contribution in [0.5, 0.6) is 11.5 Å². The summed E-state index contributed by atoms with van der Waals surface area (Å²) in [5, 5.41) is 11.7. The van der Waals surface area contributed by atoms with Crippen LogP contribution in [0.4, 0.5) is 0 Å². The molecule has 5 rings (SSSR count). The standard InChI is InChI=1S/C26H24N4O2S/c1-2-3-16-33-26-28-25(31)23-21-14-7-8-15-22(21)27-24(30(23)29-26)18-10-9-13-20(17-18)32-19-11-5-4-6-12-19/h4-15,17,24H,2-3,16H2,1H3,(H,28,29,31)/t24-/m0/s1. The van der Waals surface area contributed by atoms with Gasteiger partial charge in [-0.15, -0.1) is 5.10 Å². The Labute approximate surface area is 196 Å². The Morgan fingerprint density at radius 3 is 2.64 bits per heavy atom. The smallest absolute Gasteiger partial charge is 0.276 e. The second kappa shape index (κ2) is 9.50. The van der Waals surface area contributed by atoms with E-state index in [1.165, 1.54) is 0 Å². The molecule has 0 saturated carbocycles. The van der Waals surface area contributed by atoms with Crippen LogP contribution in [0.15, 0.2) is 89.0 Å². The molecule has 0 radical (unpaired) electrons. The number of benzene rings is 3. The number of carbonyl (C=O) groups excluding carboxylic acids is 1. The lowest BCUT2D eigenvalue weighted by molar-refractivity contribution is -0.116. The first-order valence-electron chi connectivity index (χ1n) is 11.0. The van der Waals surface area contributed by atoms with E-state index >= 15 is 0 Å². The van der Waals surface area contributed by atoms with Crippen molar-refractivity contribution in [3.8, 4) is 11.5 Å². The van der Waals surface area contributed by atoms with E-state index in [1.807, 2.05) is 78.9 Å². The molecule has 0 unspecified atom stereocenters. The van der Waals surface area contributed by atoms with E-state index in [9.17, 15) is 4.79 Å². The zero-order valence-corrected chi connectivity index (χ0v) is 19.1. The van der Waals surface area contributed by atoms with E-state index in [4.69, 9.17) is 14.8 Å². The molecule has 0 fully saturated rings. The Hall–Kier alpha value is -3.58. The van der Waals surface area contributed by atoms with Crippen LogP contribution in [0, 0.1) is 0 Å². The summed E-state index contributed by atoms with van der Waals surface area (Å²) in [7, 11) is 0. The van der Waals surface area contributed by atoms with Gasteiger partial charge in [-0.05, 0) is 36.8 Å². The number of amides is 1. The second-order valence-electron chi connectivity index (χ2n) is 7.76. The number of nitrogens with one attached hydrogen (secondary N) is 1. The molecule has 6 nitrogen and oxygen atoms in total. The van der Waals surface area contributed by atoms with Crippen molar-refractivity contribution < 1.29 is 9.53 Å². The summed E-state index contributed by atoms with van der Waals surface area (Å²) in [4.78, 5) is 18.1. The number of fused-ring (bicyclic) bond motifs is 2. The third kappa shape index (κ3) is 4.50. The van der Waals surface area contributed by atoms with E-state index in [1.54, 1.807) is 16.8 Å². The van der Waals surface area contributed by atoms with E-state index in [0.29, 0.717) is 16.6 Å². The number of hydrazone groups is 1. The molecule has 0 aromatic heterocycles. The van der Waals surface area contributed by atoms with E-state index in [0.717, 1.165) is 40.5 Å². The number of ether oxygens (including phenoxy) is 1. The number of hydrogen-bond acceptors (Lipinski definition) is 6. The third-order valence-corrected chi connectivity index (χ3v) is 6.34. The van der Waals surface area contributed by atoms with Crippen molar-refractivity contribution >= 4 is 28.5 Å². The highest BCUT2D eigenvalue weighted by Gasteiger charge is 2.34. The Morgan fingerprint density at radius 2 is 1.79 bits per heavy atom. The molecule has 3 aromatic carbocycles. The van der Waals surface area contributed by atoms with Gasteiger partial charge in [0.2, 0.25) is 0 Å². The number of nitrogens with zero attached hydrogens (tertiary/aromatic N) is 3. The summed E-state index contributed by atoms with van der Waals surface area (Å²) in [6.07, 6.45) is 1.68. The zero-order valence-electron chi connectivity index (χ0n) is 18.3. The van der Waals surface area contributed by atoms with Crippen molar-refractivity contribution in [1.29, 1.82) is 0 Å². The van der Waals surface area contributed by atoms with Crippen LogP contribution in [-0.4, -0.2) is 21.8 Å². The summed E-state index contributed by atoms with van der Waals surface area (Å²) in [5.41, 5.74) is 1.41. The Morgan fingerprint density at radius 1 is 1.00 bits per heavy atom. The number of para-hydroxylation sites is 2. The first-order chi connectivity index (χ1) is 16.2. The molecule has 0 saturated heterocycles. The largest absolute Gasteiger partial charge is 0.457 e. The van der Waals surface area contributed by atoms with Gasteiger partial charge in [0.1, 0.15) is 17.2 Å². The highest BCUT2D eigenvalue weighted by atomic mass is 32.2. The molecule has 3 aromatic rings. The van der Waals surface area contributed by atoms with Gasteiger partial charge in [-0.3, -0.25) is 15.1 Å². The van der Waals surface area contributed by atoms with Gasteiger partial charge in [0.15, 0.2) is 11.3 Å². The monoisotopic (exact) mass is 456 g/mol. The fourth-order valence-corrected chi connectivity index (χ4v) is 4.72.